The molecule has 1 amide bonds. The second kappa shape index (κ2) is 4.02. The van der Waals surface area contributed by atoms with Gasteiger partial charge in [0, 0.05) is 20.0 Å². The van der Waals surface area contributed by atoms with Crippen LogP contribution in [-0.2, 0) is 9.59 Å². The van der Waals surface area contributed by atoms with E-state index in [0.29, 0.717) is 19.4 Å². The van der Waals surface area contributed by atoms with Gasteiger partial charge in [0.15, 0.2) is 0 Å². The van der Waals surface area contributed by atoms with Gasteiger partial charge in [-0.1, -0.05) is 0 Å². The minimum atomic E-state index is -0.0570. The molecule has 1 rings (SSSR count). The van der Waals surface area contributed by atoms with Crippen molar-refractivity contribution >= 4 is 18.2 Å². The minimum absolute atomic E-state index is 0.0570. The lowest BCUT2D eigenvalue weighted by Crippen LogP contribution is -2.33. The Morgan fingerprint density at radius 2 is 2.31 bits per heavy atom. The molecule has 0 unspecified atom stereocenters. The van der Waals surface area contributed by atoms with Gasteiger partial charge >= 0.3 is 0 Å². The zero-order valence-electron chi connectivity index (χ0n) is 7.62. The van der Waals surface area contributed by atoms with Crippen molar-refractivity contribution in [2.24, 2.45) is 0 Å². The predicted octanol–water partition coefficient (Wildman–Crippen LogP) is -0.326. The van der Waals surface area contributed by atoms with Gasteiger partial charge in [0.2, 0.25) is 11.9 Å². The van der Waals surface area contributed by atoms with Crippen molar-refractivity contribution in [1.29, 1.82) is 5.41 Å². The lowest BCUT2D eigenvalue weighted by atomic mass is 10.3. The average molecular weight is 183 g/mol. The Labute approximate surface area is 76.8 Å². The van der Waals surface area contributed by atoms with E-state index >= 15 is 0 Å². The van der Waals surface area contributed by atoms with E-state index in [1.54, 1.807) is 11.9 Å². The lowest BCUT2D eigenvalue weighted by molar-refractivity contribution is -0.125. The molecule has 0 bridgehead atoms. The Morgan fingerprint density at radius 3 is 2.77 bits per heavy atom. The number of nitrogens with zero attached hydrogens (tertiary/aromatic N) is 2. The summed E-state index contributed by atoms with van der Waals surface area (Å²) >= 11 is 0. The first kappa shape index (κ1) is 9.70. The molecule has 0 saturated carbocycles. The summed E-state index contributed by atoms with van der Waals surface area (Å²) in [6, 6.07) is 0. The number of hydrogen-bond acceptors (Lipinski definition) is 3. The number of unbranched alkanes of at least 4 members (excludes halogenated alkanes) is 1. The van der Waals surface area contributed by atoms with Crippen LogP contribution >= 0.6 is 0 Å². The lowest BCUT2D eigenvalue weighted by Gasteiger charge is -2.15. The van der Waals surface area contributed by atoms with Gasteiger partial charge in [-0.25, -0.2) is 0 Å². The number of aldehydes is 1. The number of nitrogens with one attached hydrogen (secondary N) is 1. The largest absolute Gasteiger partial charge is 0.336 e. The summed E-state index contributed by atoms with van der Waals surface area (Å²) in [5.41, 5.74) is 0. The van der Waals surface area contributed by atoms with Crippen molar-refractivity contribution in [3.8, 4) is 0 Å². The quantitative estimate of drug-likeness (QED) is 0.479. The van der Waals surface area contributed by atoms with E-state index in [9.17, 15) is 9.59 Å². The maximum atomic E-state index is 11.2. The van der Waals surface area contributed by atoms with E-state index in [4.69, 9.17) is 5.41 Å². The van der Waals surface area contributed by atoms with E-state index in [1.807, 2.05) is 0 Å². The Kier molecular flexibility index (Phi) is 3.00. The molecule has 1 fully saturated rings. The third kappa shape index (κ3) is 2.05. The van der Waals surface area contributed by atoms with Gasteiger partial charge in [-0.3, -0.25) is 15.1 Å². The molecule has 72 valence electrons. The van der Waals surface area contributed by atoms with Gasteiger partial charge in [-0.05, 0) is 6.42 Å². The SMILES string of the molecule is CN1CC(=O)N(CCCC=O)C1=N. The number of rotatable bonds is 4. The second-order valence-corrected chi connectivity index (χ2v) is 3.03. The fourth-order valence-electron chi connectivity index (χ4n) is 1.25. The van der Waals surface area contributed by atoms with Crippen LogP contribution in [0.1, 0.15) is 12.8 Å². The average Bonchev–Trinajstić information content (AvgIpc) is 2.32. The molecule has 1 saturated heterocycles. The zero-order valence-corrected chi connectivity index (χ0v) is 7.62. The normalized spacial score (nSPS) is 17.0. The topological polar surface area (TPSA) is 64.5 Å². The van der Waals surface area contributed by atoms with Crippen molar-refractivity contribution in [3.63, 3.8) is 0 Å². The highest BCUT2D eigenvalue weighted by Gasteiger charge is 2.29. The van der Waals surface area contributed by atoms with Crippen LogP contribution in [-0.4, -0.2) is 48.1 Å². The van der Waals surface area contributed by atoms with Crippen molar-refractivity contribution in [3.05, 3.63) is 0 Å². The van der Waals surface area contributed by atoms with Crippen LogP contribution in [0.25, 0.3) is 0 Å². The van der Waals surface area contributed by atoms with Crippen LogP contribution in [0.15, 0.2) is 0 Å². The molecular weight excluding hydrogens is 170 g/mol. The second-order valence-electron chi connectivity index (χ2n) is 3.03. The predicted molar refractivity (Wildman–Crippen MR) is 47.4 cm³/mol. The van der Waals surface area contributed by atoms with Crippen LogP contribution in [0.2, 0.25) is 0 Å². The first-order valence-corrected chi connectivity index (χ1v) is 4.20. The maximum absolute atomic E-state index is 11.2. The van der Waals surface area contributed by atoms with Crippen LogP contribution in [0.3, 0.4) is 0 Å². The van der Waals surface area contributed by atoms with Gasteiger partial charge in [0.25, 0.3) is 0 Å². The Balaban J connectivity index is 2.44. The van der Waals surface area contributed by atoms with Gasteiger partial charge in [-0.2, -0.15) is 0 Å². The highest BCUT2D eigenvalue weighted by Crippen LogP contribution is 2.07. The number of carbonyl (C=O) groups is 2. The van der Waals surface area contributed by atoms with Crippen molar-refractivity contribution < 1.29 is 9.59 Å². The molecule has 0 radical (unpaired) electrons. The number of likely N-dealkylation sites (N-methyl/N-ethyl adjacent to an activating group) is 1. The fourth-order valence-corrected chi connectivity index (χ4v) is 1.25. The molecule has 13 heavy (non-hydrogen) atoms. The van der Waals surface area contributed by atoms with Gasteiger partial charge in [0.1, 0.15) is 6.29 Å². The molecule has 1 aliphatic heterocycles. The molecule has 1 N–H and O–H groups in total. The highest BCUT2D eigenvalue weighted by atomic mass is 16.2. The van der Waals surface area contributed by atoms with E-state index in [2.05, 4.69) is 0 Å². The van der Waals surface area contributed by atoms with E-state index in [0.717, 1.165) is 6.29 Å². The molecule has 0 aliphatic carbocycles. The molecule has 0 aromatic rings. The molecule has 5 heteroatoms. The highest BCUT2D eigenvalue weighted by molar-refractivity contribution is 6.02. The summed E-state index contributed by atoms with van der Waals surface area (Å²) in [5, 5.41) is 7.52. The van der Waals surface area contributed by atoms with Gasteiger partial charge in [-0.15, -0.1) is 0 Å². The van der Waals surface area contributed by atoms with Crippen molar-refractivity contribution in [2.45, 2.75) is 12.8 Å². The standard InChI is InChI=1S/C8H13N3O2/c1-10-6-7(13)11(8(10)9)4-2-3-5-12/h5,9H,2-4,6H2,1H3. The van der Waals surface area contributed by atoms with Crippen LogP contribution in [0.4, 0.5) is 0 Å². The number of guanidine groups is 1. The van der Waals surface area contributed by atoms with E-state index in [-0.39, 0.29) is 18.4 Å². The van der Waals surface area contributed by atoms with Gasteiger partial charge in [0.05, 0.1) is 6.54 Å². The monoisotopic (exact) mass is 183 g/mol. The molecule has 0 atom stereocenters. The molecule has 0 aromatic carbocycles. The molecule has 5 nitrogen and oxygen atoms in total. The molecule has 1 aliphatic rings. The summed E-state index contributed by atoms with van der Waals surface area (Å²) in [6.07, 6.45) is 1.90. The Bertz CT molecular complexity index is 240. The number of carbonyl (C=O) groups excluding carboxylic acids is 2. The molecular formula is C8H13N3O2. The van der Waals surface area contributed by atoms with Gasteiger partial charge < -0.3 is 9.69 Å². The Morgan fingerprint density at radius 1 is 1.62 bits per heavy atom. The summed E-state index contributed by atoms with van der Waals surface area (Å²) in [4.78, 5) is 24.3. The first-order chi connectivity index (χ1) is 6.16. The van der Waals surface area contributed by atoms with E-state index in [1.165, 1.54) is 4.90 Å². The van der Waals surface area contributed by atoms with Crippen molar-refractivity contribution in [2.75, 3.05) is 20.1 Å². The molecule has 0 spiro atoms. The van der Waals surface area contributed by atoms with E-state index < -0.39 is 0 Å². The molecule has 1 heterocycles. The molecule has 0 aromatic heterocycles. The van der Waals surface area contributed by atoms with Crippen LogP contribution in [0.5, 0.6) is 0 Å². The minimum Gasteiger partial charge on any atom is -0.336 e. The maximum Gasteiger partial charge on any atom is 0.248 e. The first-order valence-electron chi connectivity index (χ1n) is 4.20. The number of hydrogen-bond donors (Lipinski definition) is 1. The summed E-state index contributed by atoms with van der Waals surface area (Å²) in [6.45, 7) is 0.751. The van der Waals surface area contributed by atoms with Crippen LogP contribution in [0, 0.1) is 5.41 Å². The van der Waals surface area contributed by atoms with Crippen LogP contribution < -0.4 is 0 Å². The fraction of sp³-hybridized carbons (Fsp3) is 0.625. The summed E-state index contributed by atoms with van der Waals surface area (Å²) in [5.74, 6) is 0.175. The summed E-state index contributed by atoms with van der Waals surface area (Å²) < 4.78 is 0. The Hall–Kier alpha value is -1.39. The number of amides is 1. The third-order valence-electron chi connectivity index (χ3n) is 1.99. The zero-order chi connectivity index (χ0) is 9.84. The van der Waals surface area contributed by atoms with Crippen molar-refractivity contribution in [1.82, 2.24) is 9.80 Å². The smallest absolute Gasteiger partial charge is 0.248 e. The third-order valence-corrected chi connectivity index (χ3v) is 1.99. The summed E-state index contributed by atoms with van der Waals surface area (Å²) in [7, 11) is 1.71.